The smallest absolute Gasteiger partial charge is 0.323 e. The number of aromatic nitrogens is 4. The molecule has 0 aromatic carbocycles. The molecule has 0 spiro atoms. The summed E-state index contributed by atoms with van der Waals surface area (Å²) in [5.41, 5.74) is 0.812. The van der Waals surface area contributed by atoms with Crippen LogP contribution in [-0.2, 0) is 0 Å². The molecule has 0 saturated carbocycles. The third kappa shape index (κ3) is 3.48. The van der Waals surface area contributed by atoms with Crippen molar-refractivity contribution in [1.29, 1.82) is 0 Å². The number of nitrogens with one attached hydrogen (secondary N) is 2. The maximum Gasteiger partial charge on any atom is 0.323 e. The number of carbonyl (C=O) groups is 1. The lowest BCUT2D eigenvalue weighted by atomic mass is 10.2. The van der Waals surface area contributed by atoms with Gasteiger partial charge in [-0.15, -0.1) is 16.4 Å². The summed E-state index contributed by atoms with van der Waals surface area (Å²) in [7, 11) is 0. The molecule has 26 heavy (non-hydrogen) atoms. The van der Waals surface area contributed by atoms with Crippen LogP contribution in [0.4, 0.5) is 15.7 Å². The van der Waals surface area contributed by atoms with Crippen molar-refractivity contribution >= 4 is 34.0 Å². The molecule has 1 fully saturated rings. The number of hydrogen-bond donors (Lipinski definition) is 2. The van der Waals surface area contributed by atoms with E-state index < -0.39 is 0 Å². The maximum absolute atomic E-state index is 12.5. The molecule has 0 bridgehead atoms. The number of thiazole rings is 1. The lowest BCUT2D eigenvalue weighted by Gasteiger charge is -2.17. The SMILES string of the molecule is CC(C)c1cnc(NC(=O)N2CCC(Nc3ccc4nccn4n3)C2)s1. The van der Waals surface area contributed by atoms with E-state index in [-0.39, 0.29) is 12.1 Å². The van der Waals surface area contributed by atoms with Gasteiger partial charge in [0.1, 0.15) is 5.82 Å². The van der Waals surface area contributed by atoms with E-state index in [1.165, 1.54) is 16.2 Å². The average molecular weight is 371 g/mol. The van der Waals surface area contributed by atoms with Gasteiger partial charge in [0.2, 0.25) is 0 Å². The Morgan fingerprint density at radius 1 is 1.35 bits per heavy atom. The van der Waals surface area contributed by atoms with Crippen LogP contribution in [0, 0.1) is 0 Å². The summed E-state index contributed by atoms with van der Waals surface area (Å²) in [6.07, 6.45) is 6.24. The van der Waals surface area contributed by atoms with Gasteiger partial charge >= 0.3 is 6.03 Å². The topological polar surface area (TPSA) is 87.5 Å². The lowest BCUT2D eigenvalue weighted by Crippen LogP contribution is -2.35. The van der Waals surface area contributed by atoms with E-state index >= 15 is 0 Å². The Hall–Kier alpha value is -2.68. The molecule has 3 aromatic rings. The van der Waals surface area contributed by atoms with Crippen LogP contribution in [0.1, 0.15) is 31.1 Å². The highest BCUT2D eigenvalue weighted by atomic mass is 32.1. The Bertz CT molecular complexity index is 919. The maximum atomic E-state index is 12.5. The number of amides is 2. The van der Waals surface area contributed by atoms with E-state index in [1.807, 2.05) is 29.4 Å². The molecule has 1 atom stereocenters. The quantitative estimate of drug-likeness (QED) is 0.736. The summed E-state index contributed by atoms with van der Waals surface area (Å²) in [4.78, 5) is 23.9. The number of fused-ring (bicyclic) bond motifs is 1. The van der Waals surface area contributed by atoms with Crippen LogP contribution in [0.15, 0.2) is 30.7 Å². The zero-order chi connectivity index (χ0) is 18.1. The number of urea groups is 1. The molecule has 2 amide bonds. The van der Waals surface area contributed by atoms with Gasteiger partial charge < -0.3 is 10.2 Å². The van der Waals surface area contributed by atoms with Crippen molar-refractivity contribution < 1.29 is 4.79 Å². The molecule has 3 aromatic heterocycles. The fourth-order valence-corrected chi connectivity index (χ4v) is 3.75. The zero-order valence-corrected chi connectivity index (χ0v) is 15.5. The summed E-state index contributed by atoms with van der Waals surface area (Å²) in [5, 5.41) is 11.4. The van der Waals surface area contributed by atoms with E-state index in [4.69, 9.17) is 0 Å². The number of anilines is 2. The Morgan fingerprint density at radius 3 is 3.04 bits per heavy atom. The van der Waals surface area contributed by atoms with Crippen molar-refractivity contribution in [2.45, 2.75) is 32.2 Å². The van der Waals surface area contributed by atoms with Crippen molar-refractivity contribution in [2.75, 3.05) is 23.7 Å². The summed E-state index contributed by atoms with van der Waals surface area (Å²) in [6.45, 7) is 5.58. The molecule has 0 aliphatic carbocycles. The molecule has 4 rings (SSSR count). The van der Waals surface area contributed by atoms with Crippen LogP contribution in [0.3, 0.4) is 0 Å². The minimum absolute atomic E-state index is 0.100. The number of likely N-dealkylation sites (tertiary alicyclic amines) is 1. The Kier molecular flexibility index (Phi) is 4.46. The molecule has 1 saturated heterocycles. The summed E-state index contributed by atoms with van der Waals surface area (Å²) < 4.78 is 1.73. The molecule has 1 aliphatic heterocycles. The molecule has 136 valence electrons. The van der Waals surface area contributed by atoms with Crippen molar-refractivity contribution in [3.8, 4) is 0 Å². The molecule has 0 radical (unpaired) electrons. The summed E-state index contributed by atoms with van der Waals surface area (Å²) in [5.74, 6) is 1.20. The van der Waals surface area contributed by atoms with Crippen LogP contribution in [0.2, 0.25) is 0 Å². The molecular weight excluding hydrogens is 350 g/mol. The van der Waals surface area contributed by atoms with Crippen LogP contribution in [0.5, 0.6) is 0 Å². The molecule has 8 nitrogen and oxygen atoms in total. The van der Waals surface area contributed by atoms with Gasteiger partial charge in [0, 0.05) is 42.6 Å². The van der Waals surface area contributed by atoms with E-state index in [0.29, 0.717) is 24.1 Å². The summed E-state index contributed by atoms with van der Waals surface area (Å²) >= 11 is 1.53. The van der Waals surface area contributed by atoms with Gasteiger partial charge in [-0.1, -0.05) is 13.8 Å². The first-order valence-corrected chi connectivity index (χ1v) is 9.49. The molecule has 4 heterocycles. The average Bonchev–Trinajstić information content (AvgIpc) is 3.34. The third-order valence-corrected chi connectivity index (χ3v) is 5.60. The predicted molar refractivity (Wildman–Crippen MR) is 102 cm³/mol. The lowest BCUT2D eigenvalue weighted by molar-refractivity contribution is 0.222. The van der Waals surface area contributed by atoms with Crippen LogP contribution >= 0.6 is 11.3 Å². The van der Waals surface area contributed by atoms with E-state index in [0.717, 1.165) is 17.9 Å². The molecule has 2 N–H and O–H groups in total. The normalized spacial score (nSPS) is 17.2. The molecular formula is C17H21N7OS. The first kappa shape index (κ1) is 16.8. The molecule has 1 unspecified atom stereocenters. The first-order valence-electron chi connectivity index (χ1n) is 8.67. The molecule has 1 aliphatic rings. The predicted octanol–water partition coefficient (Wildman–Crippen LogP) is 3.03. The first-order chi connectivity index (χ1) is 12.6. The standard InChI is InChI=1S/C17H21N7OS/c1-11(2)13-9-19-16(26-13)21-17(25)23-7-5-12(10-23)20-14-3-4-15-18-6-8-24(15)22-14/h3-4,6,8-9,11-12H,5,7,10H2,1-2H3,(H,20,22)(H,19,21,25). The third-order valence-electron chi connectivity index (χ3n) is 4.39. The van der Waals surface area contributed by atoms with Gasteiger partial charge in [-0.3, -0.25) is 5.32 Å². The fourth-order valence-electron chi connectivity index (χ4n) is 2.95. The highest BCUT2D eigenvalue weighted by Crippen LogP contribution is 2.25. The van der Waals surface area contributed by atoms with Gasteiger partial charge in [0.05, 0.1) is 0 Å². The van der Waals surface area contributed by atoms with Gasteiger partial charge in [-0.05, 0) is 24.5 Å². The molecule has 9 heteroatoms. The second-order valence-corrected chi connectivity index (χ2v) is 7.74. The van der Waals surface area contributed by atoms with Gasteiger partial charge in [-0.25, -0.2) is 19.3 Å². The van der Waals surface area contributed by atoms with E-state index in [1.54, 1.807) is 10.7 Å². The second kappa shape index (κ2) is 6.91. The van der Waals surface area contributed by atoms with Crippen LogP contribution in [-0.4, -0.2) is 49.6 Å². The van der Waals surface area contributed by atoms with Gasteiger partial charge in [-0.2, -0.15) is 0 Å². The minimum Gasteiger partial charge on any atom is -0.364 e. The Morgan fingerprint density at radius 2 is 2.23 bits per heavy atom. The monoisotopic (exact) mass is 371 g/mol. The van der Waals surface area contributed by atoms with Crippen molar-refractivity contribution in [3.63, 3.8) is 0 Å². The van der Waals surface area contributed by atoms with Crippen LogP contribution < -0.4 is 10.6 Å². The van der Waals surface area contributed by atoms with Crippen LogP contribution in [0.25, 0.3) is 5.65 Å². The van der Waals surface area contributed by atoms with E-state index in [2.05, 4.69) is 39.5 Å². The van der Waals surface area contributed by atoms with Gasteiger partial charge in [0.25, 0.3) is 0 Å². The van der Waals surface area contributed by atoms with Gasteiger partial charge in [0.15, 0.2) is 10.8 Å². The highest BCUT2D eigenvalue weighted by Gasteiger charge is 2.27. The number of nitrogens with zero attached hydrogens (tertiary/aromatic N) is 5. The fraction of sp³-hybridized carbons (Fsp3) is 0.412. The number of carbonyl (C=O) groups excluding carboxylic acids is 1. The van der Waals surface area contributed by atoms with E-state index in [9.17, 15) is 4.79 Å². The summed E-state index contributed by atoms with van der Waals surface area (Å²) in [6, 6.07) is 3.91. The zero-order valence-electron chi connectivity index (χ0n) is 14.7. The minimum atomic E-state index is -0.100. The number of rotatable bonds is 4. The highest BCUT2D eigenvalue weighted by molar-refractivity contribution is 7.15. The number of imidazole rings is 1. The van der Waals surface area contributed by atoms with Crippen molar-refractivity contribution in [3.05, 3.63) is 35.6 Å². The Balaban J connectivity index is 1.34. The second-order valence-electron chi connectivity index (χ2n) is 6.68. The number of hydrogen-bond acceptors (Lipinski definition) is 6. The Labute approximate surface area is 155 Å². The largest absolute Gasteiger partial charge is 0.364 e. The van der Waals surface area contributed by atoms with Crippen molar-refractivity contribution in [2.24, 2.45) is 0 Å². The van der Waals surface area contributed by atoms with Crippen molar-refractivity contribution in [1.82, 2.24) is 24.5 Å².